The molecule has 106 valence electrons. The van der Waals surface area contributed by atoms with Gasteiger partial charge >= 0.3 is 0 Å². The van der Waals surface area contributed by atoms with Crippen LogP contribution in [0.2, 0.25) is 5.02 Å². The summed E-state index contributed by atoms with van der Waals surface area (Å²) in [6.07, 6.45) is 0.286. The van der Waals surface area contributed by atoms with Crippen molar-refractivity contribution in [3.63, 3.8) is 0 Å². The van der Waals surface area contributed by atoms with Crippen LogP contribution in [0.3, 0.4) is 0 Å². The fourth-order valence-corrected chi connectivity index (χ4v) is 2.34. The molecule has 0 aliphatic carbocycles. The van der Waals surface area contributed by atoms with E-state index in [0.717, 1.165) is 12.1 Å². The van der Waals surface area contributed by atoms with Crippen molar-refractivity contribution in [1.29, 1.82) is 0 Å². The van der Waals surface area contributed by atoms with Crippen LogP contribution in [0.4, 0.5) is 13.2 Å². The zero-order valence-corrected chi connectivity index (χ0v) is 11.5. The molecule has 0 radical (unpaired) electrons. The van der Waals surface area contributed by atoms with E-state index in [1.54, 1.807) is 25.2 Å². The minimum Gasteiger partial charge on any atom is -0.313 e. The standard InChI is InChI=1S/C15H13ClF3N/c1-20-15(6-9-4-2-3-5-12(9)17)10-7-13(18)14(19)8-11(10)16/h2-5,7-8,15,20H,6H2,1H3. The number of nitrogens with one attached hydrogen (secondary N) is 1. The van der Waals surface area contributed by atoms with Crippen molar-refractivity contribution in [2.45, 2.75) is 12.5 Å². The maximum absolute atomic E-state index is 13.7. The fourth-order valence-electron chi connectivity index (χ4n) is 2.06. The molecular formula is C15H13ClF3N. The van der Waals surface area contributed by atoms with Gasteiger partial charge in [-0.3, -0.25) is 0 Å². The molecule has 20 heavy (non-hydrogen) atoms. The van der Waals surface area contributed by atoms with Crippen molar-refractivity contribution in [3.05, 3.63) is 70.0 Å². The van der Waals surface area contributed by atoms with Crippen LogP contribution in [0.5, 0.6) is 0 Å². The summed E-state index contributed by atoms with van der Waals surface area (Å²) in [6, 6.07) is 7.88. The summed E-state index contributed by atoms with van der Waals surface area (Å²) < 4.78 is 40.1. The van der Waals surface area contributed by atoms with Crippen LogP contribution < -0.4 is 5.32 Å². The Bertz CT molecular complexity index is 616. The van der Waals surface area contributed by atoms with Crippen LogP contribution in [-0.2, 0) is 6.42 Å². The SMILES string of the molecule is CNC(Cc1ccccc1F)c1cc(F)c(F)cc1Cl. The van der Waals surface area contributed by atoms with Gasteiger partial charge in [0.05, 0.1) is 0 Å². The molecule has 1 N–H and O–H groups in total. The number of hydrogen-bond acceptors (Lipinski definition) is 1. The van der Waals surface area contributed by atoms with E-state index in [2.05, 4.69) is 5.32 Å². The van der Waals surface area contributed by atoms with Crippen LogP contribution in [0.15, 0.2) is 36.4 Å². The third-order valence-electron chi connectivity index (χ3n) is 3.15. The molecule has 0 saturated carbocycles. The minimum atomic E-state index is -1.00. The van der Waals surface area contributed by atoms with Gasteiger partial charge in [0.25, 0.3) is 0 Å². The quantitative estimate of drug-likeness (QED) is 0.832. The lowest BCUT2D eigenvalue weighted by Gasteiger charge is -2.18. The van der Waals surface area contributed by atoms with Gasteiger partial charge in [-0.25, -0.2) is 13.2 Å². The van der Waals surface area contributed by atoms with Crippen molar-refractivity contribution in [2.24, 2.45) is 0 Å². The van der Waals surface area contributed by atoms with Crippen LogP contribution in [-0.4, -0.2) is 7.05 Å². The van der Waals surface area contributed by atoms with E-state index in [4.69, 9.17) is 11.6 Å². The van der Waals surface area contributed by atoms with Crippen molar-refractivity contribution in [1.82, 2.24) is 5.32 Å². The lowest BCUT2D eigenvalue weighted by Crippen LogP contribution is -2.20. The van der Waals surface area contributed by atoms with E-state index in [9.17, 15) is 13.2 Å². The average molecular weight is 300 g/mol. The van der Waals surface area contributed by atoms with Gasteiger partial charge < -0.3 is 5.32 Å². The molecule has 0 fully saturated rings. The molecule has 0 aliphatic heterocycles. The molecule has 0 bridgehead atoms. The number of benzene rings is 2. The molecule has 0 saturated heterocycles. The summed E-state index contributed by atoms with van der Waals surface area (Å²) in [7, 11) is 1.66. The van der Waals surface area contributed by atoms with Gasteiger partial charge in [-0.05, 0) is 42.8 Å². The lowest BCUT2D eigenvalue weighted by atomic mass is 9.98. The largest absolute Gasteiger partial charge is 0.313 e. The van der Waals surface area contributed by atoms with E-state index in [1.807, 2.05) is 0 Å². The highest BCUT2D eigenvalue weighted by molar-refractivity contribution is 6.31. The first-order valence-electron chi connectivity index (χ1n) is 6.08. The van der Waals surface area contributed by atoms with E-state index >= 15 is 0 Å². The van der Waals surface area contributed by atoms with Crippen LogP contribution in [0, 0.1) is 17.5 Å². The Morgan fingerprint density at radius 3 is 2.35 bits per heavy atom. The Morgan fingerprint density at radius 1 is 1.05 bits per heavy atom. The molecule has 1 nitrogen and oxygen atoms in total. The molecular weight excluding hydrogens is 287 g/mol. The number of halogens is 4. The molecule has 0 aromatic heterocycles. The van der Waals surface area contributed by atoms with Crippen LogP contribution >= 0.6 is 11.6 Å². The third kappa shape index (κ3) is 3.14. The maximum Gasteiger partial charge on any atom is 0.160 e. The van der Waals surface area contributed by atoms with Crippen molar-refractivity contribution < 1.29 is 13.2 Å². The Balaban J connectivity index is 2.34. The summed E-state index contributed by atoms with van der Waals surface area (Å²) in [4.78, 5) is 0. The fraction of sp³-hybridized carbons (Fsp3) is 0.200. The monoisotopic (exact) mass is 299 g/mol. The summed E-state index contributed by atoms with van der Waals surface area (Å²) in [6.45, 7) is 0. The summed E-state index contributed by atoms with van der Waals surface area (Å²) in [5.41, 5.74) is 0.879. The highest BCUT2D eigenvalue weighted by Gasteiger charge is 2.18. The van der Waals surface area contributed by atoms with Gasteiger partial charge in [0, 0.05) is 11.1 Å². The second-order valence-corrected chi connectivity index (χ2v) is 4.83. The van der Waals surface area contributed by atoms with Gasteiger partial charge in [-0.2, -0.15) is 0 Å². The molecule has 2 rings (SSSR count). The minimum absolute atomic E-state index is 0.111. The first kappa shape index (κ1) is 14.9. The van der Waals surface area contributed by atoms with E-state index in [1.165, 1.54) is 6.07 Å². The Kier molecular flexibility index (Phi) is 4.68. The second kappa shape index (κ2) is 6.29. The van der Waals surface area contributed by atoms with E-state index in [-0.39, 0.29) is 17.3 Å². The Hall–Kier alpha value is -1.52. The van der Waals surface area contributed by atoms with Crippen LogP contribution in [0.1, 0.15) is 17.2 Å². The van der Waals surface area contributed by atoms with Crippen molar-refractivity contribution in [2.75, 3.05) is 7.05 Å². The molecule has 2 aromatic rings. The summed E-state index contributed by atoms with van der Waals surface area (Å²) >= 11 is 5.94. The van der Waals surface area contributed by atoms with Gasteiger partial charge in [0.2, 0.25) is 0 Å². The van der Waals surface area contributed by atoms with Crippen molar-refractivity contribution in [3.8, 4) is 0 Å². The number of likely N-dealkylation sites (N-methyl/N-ethyl adjacent to an activating group) is 1. The predicted octanol–water partition coefficient (Wildman–Crippen LogP) is 4.26. The molecule has 0 spiro atoms. The normalized spacial score (nSPS) is 12.4. The molecule has 0 heterocycles. The smallest absolute Gasteiger partial charge is 0.160 e. The third-order valence-corrected chi connectivity index (χ3v) is 3.47. The van der Waals surface area contributed by atoms with Crippen LogP contribution in [0.25, 0.3) is 0 Å². The van der Waals surface area contributed by atoms with Gasteiger partial charge in [0.15, 0.2) is 11.6 Å². The Labute approximate surface area is 120 Å². The summed E-state index contributed by atoms with van der Waals surface area (Å²) in [5.74, 6) is -2.32. The zero-order valence-electron chi connectivity index (χ0n) is 10.8. The number of hydrogen-bond donors (Lipinski definition) is 1. The molecule has 0 aliphatic rings. The molecule has 2 aromatic carbocycles. The predicted molar refractivity (Wildman–Crippen MR) is 73.3 cm³/mol. The maximum atomic E-state index is 13.7. The zero-order chi connectivity index (χ0) is 14.7. The number of rotatable bonds is 4. The summed E-state index contributed by atoms with van der Waals surface area (Å²) in [5, 5.41) is 3.05. The lowest BCUT2D eigenvalue weighted by molar-refractivity contribution is 0.499. The van der Waals surface area contributed by atoms with Crippen molar-refractivity contribution >= 4 is 11.6 Å². The first-order chi connectivity index (χ1) is 9.52. The highest BCUT2D eigenvalue weighted by atomic mass is 35.5. The average Bonchev–Trinajstić information content (AvgIpc) is 2.42. The highest BCUT2D eigenvalue weighted by Crippen LogP contribution is 2.28. The first-order valence-corrected chi connectivity index (χ1v) is 6.46. The van der Waals surface area contributed by atoms with E-state index in [0.29, 0.717) is 11.1 Å². The van der Waals surface area contributed by atoms with Gasteiger partial charge in [-0.15, -0.1) is 0 Å². The molecule has 1 unspecified atom stereocenters. The molecule has 0 amide bonds. The Morgan fingerprint density at radius 2 is 1.70 bits per heavy atom. The topological polar surface area (TPSA) is 12.0 Å². The van der Waals surface area contributed by atoms with Gasteiger partial charge in [-0.1, -0.05) is 29.8 Å². The second-order valence-electron chi connectivity index (χ2n) is 4.42. The van der Waals surface area contributed by atoms with E-state index < -0.39 is 17.7 Å². The molecule has 1 atom stereocenters. The molecule has 5 heteroatoms. The van der Waals surface area contributed by atoms with Gasteiger partial charge in [0.1, 0.15) is 5.82 Å².